The SMILES string of the molecule is COc1ccc(NC(=O)C2CCCN2C(=O)c2cc3c(s2)-c2ccccc2CC3)cc1. The molecule has 1 saturated heterocycles. The van der Waals surface area contributed by atoms with Crippen molar-refractivity contribution < 1.29 is 14.3 Å². The summed E-state index contributed by atoms with van der Waals surface area (Å²) in [4.78, 5) is 30.0. The Bertz CT molecular complexity index is 1140. The molecule has 3 aromatic rings. The quantitative estimate of drug-likeness (QED) is 0.646. The van der Waals surface area contributed by atoms with Gasteiger partial charge in [0.1, 0.15) is 11.8 Å². The third-order valence-corrected chi connectivity index (χ3v) is 7.32. The number of hydrogen-bond donors (Lipinski definition) is 1. The van der Waals surface area contributed by atoms with Crippen LogP contribution in [0.1, 0.15) is 33.6 Å². The van der Waals surface area contributed by atoms with Crippen molar-refractivity contribution in [3.63, 3.8) is 0 Å². The number of carbonyl (C=O) groups is 2. The van der Waals surface area contributed by atoms with Gasteiger partial charge in [-0.2, -0.15) is 0 Å². The Morgan fingerprint density at radius 1 is 1.06 bits per heavy atom. The van der Waals surface area contributed by atoms with Gasteiger partial charge in [-0.15, -0.1) is 11.3 Å². The third kappa shape index (κ3) is 3.72. The zero-order valence-electron chi connectivity index (χ0n) is 17.4. The van der Waals surface area contributed by atoms with Crippen molar-refractivity contribution in [1.29, 1.82) is 0 Å². The van der Waals surface area contributed by atoms with E-state index in [-0.39, 0.29) is 11.8 Å². The molecule has 1 N–H and O–H groups in total. The van der Waals surface area contributed by atoms with Crippen molar-refractivity contribution in [3.05, 3.63) is 70.6 Å². The summed E-state index contributed by atoms with van der Waals surface area (Å²) < 4.78 is 5.16. The number of ether oxygens (including phenoxy) is 1. The highest BCUT2D eigenvalue weighted by molar-refractivity contribution is 7.17. The first-order valence-corrected chi connectivity index (χ1v) is 11.4. The summed E-state index contributed by atoms with van der Waals surface area (Å²) in [5, 5.41) is 2.95. The van der Waals surface area contributed by atoms with Crippen LogP contribution in [0.4, 0.5) is 5.69 Å². The number of rotatable bonds is 4. The Balaban J connectivity index is 1.34. The van der Waals surface area contributed by atoms with Gasteiger partial charge in [0, 0.05) is 17.1 Å². The number of benzene rings is 2. The first-order chi connectivity index (χ1) is 15.1. The van der Waals surface area contributed by atoms with E-state index in [1.54, 1.807) is 35.5 Å². The van der Waals surface area contributed by atoms with Crippen LogP contribution in [0.25, 0.3) is 10.4 Å². The second-order valence-electron chi connectivity index (χ2n) is 8.00. The molecule has 0 radical (unpaired) electrons. The van der Waals surface area contributed by atoms with Gasteiger partial charge >= 0.3 is 0 Å². The van der Waals surface area contributed by atoms with Gasteiger partial charge in [-0.1, -0.05) is 24.3 Å². The predicted octanol–water partition coefficient (Wildman–Crippen LogP) is 4.77. The lowest BCUT2D eigenvalue weighted by Crippen LogP contribution is -2.42. The summed E-state index contributed by atoms with van der Waals surface area (Å²) in [5.74, 6) is 0.561. The van der Waals surface area contributed by atoms with Crippen molar-refractivity contribution in [1.82, 2.24) is 4.90 Å². The topological polar surface area (TPSA) is 58.6 Å². The second-order valence-corrected chi connectivity index (χ2v) is 9.05. The van der Waals surface area contributed by atoms with Crippen molar-refractivity contribution in [2.24, 2.45) is 0 Å². The number of nitrogens with one attached hydrogen (secondary N) is 1. The second kappa shape index (κ2) is 8.19. The first kappa shape index (κ1) is 19.8. The number of likely N-dealkylation sites (tertiary alicyclic amines) is 1. The van der Waals surface area contributed by atoms with E-state index in [1.165, 1.54) is 21.6 Å². The Hall–Kier alpha value is -3.12. The number of thiophene rings is 1. The van der Waals surface area contributed by atoms with E-state index < -0.39 is 6.04 Å². The molecular weight excluding hydrogens is 408 g/mol. The zero-order chi connectivity index (χ0) is 21.4. The molecule has 2 amide bonds. The minimum absolute atomic E-state index is 0.0377. The van der Waals surface area contributed by atoms with Crippen LogP contribution >= 0.6 is 11.3 Å². The fourth-order valence-electron chi connectivity index (χ4n) is 4.50. The largest absolute Gasteiger partial charge is 0.497 e. The van der Waals surface area contributed by atoms with E-state index in [0.717, 1.165) is 29.9 Å². The number of amides is 2. The van der Waals surface area contributed by atoms with Crippen LogP contribution in [0.5, 0.6) is 5.75 Å². The van der Waals surface area contributed by atoms with Gasteiger partial charge in [-0.3, -0.25) is 9.59 Å². The van der Waals surface area contributed by atoms with Gasteiger partial charge in [0.25, 0.3) is 5.91 Å². The van der Waals surface area contributed by atoms with Crippen LogP contribution in [0.15, 0.2) is 54.6 Å². The highest BCUT2D eigenvalue weighted by Crippen LogP contribution is 2.40. The van der Waals surface area contributed by atoms with Crippen LogP contribution in [0, 0.1) is 0 Å². The molecule has 0 bridgehead atoms. The number of anilines is 1. The van der Waals surface area contributed by atoms with Crippen LogP contribution in [0.3, 0.4) is 0 Å². The highest BCUT2D eigenvalue weighted by atomic mass is 32.1. The number of fused-ring (bicyclic) bond motifs is 3. The number of methoxy groups -OCH3 is 1. The van der Waals surface area contributed by atoms with E-state index in [1.807, 2.05) is 18.2 Å². The van der Waals surface area contributed by atoms with Gasteiger partial charge in [-0.25, -0.2) is 0 Å². The summed E-state index contributed by atoms with van der Waals surface area (Å²) in [6.07, 6.45) is 3.48. The average molecular weight is 433 g/mol. The van der Waals surface area contributed by atoms with Gasteiger partial charge in [-0.05, 0) is 72.7 Å². The lowest BCUT2D eigenvalue weighted by atomic mass is 9.91. The maximum absolute atomic E-state index is 13.4. The molecule has 5 rings (SSSR count). The molecular formula is C25H24N2O3S. The molecule has 5 nitrogen and oxygen atoms in total. The van der Waals surface area contributed by atoms with Crippen LogP contribution in [0.2, 0.25) is 0 Å². The molecule has 1 unspecified atom stereocenters. The molecule has 0 spiro atoms. The normalized spacial score (nSPS) is 17.1. The predicted molar refractivity (Wildman–Crippen MR) is 123 cm³/mol. The Labute approximate surface area is 185 Å². The molecule has 1 fully saturated rings. The molecule has 158 valence electrons. The third-order valence-electron chi connectivity index (χ3n) is 6.12. The molecule has 31 heavy (non-hydrogen) atoms. The van der Waals surface area contributed by atoms with Crippen molar-refractivity contribution in [2.45, 2.75) is 31.7 Å². The molecule has 2 aromatic carbocycles. The number of nitrogens with zero attached hydrogens (tertiary/aromatic N) is 1. The van der Waals surface area contributed by atoms with Crippen molar-refractivity contribution in [2.75, 3.05) is 19.0 Å². The van der Waals surface area contributed by atoms with E-state index in [9.17, 15) is 9.59 Å². The van der Waals surface area contributed by atoms with E-state index in [2.05, 4.69) is 29.6 Å². The minimum Gasteiger partial charge on any atom is -0.497 e. The smallest absolute Gasteiger partial charge is 0.264 e. The van der Waals surface area contributed by atoms with E-state index in [4.69, 9.17) is 4.74 Å². The van der Waals surface area contributed by atoms with Crippen LogP contribution in [-0.2, 0) is 17.6 Å². The van der Waals surface area contributed by atoms with Gasteiger partial charge in [0.05, 0.1) is 12.0 Å². The van der Waals surface area contributed by atoms with Crippen molar-refractivity contribution in [3.8, 4) is 16.2 Å². The van der Waals surface area contributed by atoms with Gasteiger partial charge in [0.15, 0.2) is 0 Å². The molecule has 2 aliphatic rings. The molecule has 6 heteroatoms. The summed E-state index contributed by atoms with van der Waals surface area (Å²) in [7, 11) is 1.61. The fraction of sp³-hybridized carbons (Fsp3) is 0.280. The molecule has 1 atom stereocenters. The summed E-state index contributed by atoms with van der Waals surface area (Å²) >= 11 is 1.56. The molecule has 1 aliphatic heterocycles. The Morgan fingerprint density at radius 2 is 1.84 bits per heavy atom. The first-order valence-electron chi connectivity index (χ1n) is 10.6. The standard InChI is InChI=1S/C25H24N2O3S/c1-30-19-12-10-18(11-13-19)26-24(28)21-7-4-14-27(21)25(29)22-15-17-9-8-16-5-2-3-6-20(16)23(17)31-22/h2-3,5-6,10-13,15,21H,4,7-9,14H2,1H3,(H,26,28). The van der Waals surface area contributed by atoms with E-state index >= 15 is 0 Å². The number of aryl methyl sites for hydroxylation is 2. The fourth-order valence-corrected chi connectivity index (χ4v) is 5.73. The minimum atomic E-state index is -0.444. The molecule has 0 saturated carbocycles. The zero-order valence-corrected chi connectivity index (χ0v) is 18.2. The monoisotopic (exact) mass is 432 g/mol. The lowest BCUT2D eigenvalue weighted by Gasteiger charge is -2.23. The molecule has 2 heterocycles. The number of hydrogen-bond acceptors (Lipinski definition) is 4. The lowest BCUT2D eigenvalue weighted by molar-refractivity contribution is -0.119. The molecule has 1 aromatic heterocycles. The summed E-state index contributed by atoms with van der Waals surface area (Å²) in [6.45, 7) is 0.610. The summed E-state index contributed by atoms with van der Waals surface area (Å²) in [6, 6.07) is 17.2. The van der Waals surface area contributed by atoms with Gasteiger partial charge < -0.3 is 15.0 Å². The van der Waals surface area contributed by atoms with Gasteiger partial charge in [0.2, 0.25) is 5.91 Å². The Kier molecular flexibility index (Phi) is 5.24. The maximum atomic E-state index is 13.4. The van der Waals surface area contributed by atoms with Crippen LogP contribution < -0.4 is 10.1 Å². The Morgan fingerprint density at radius 3 is 2.65 bits per heavy atom. The maximum Gasteiger partial charge on any atom is 0.264 e. The van der Waals surface area contributed by atoms with Crippen molar-refractivity contribution >= 4 is 28.8 Å². The average Bonchev–Trinajstić information content (AvgIpc) is 3.47. The van der Waals surface area contributed by atoms with E-state index in [0.29, 0.717) is 18.7 Å². The van der Waals surface area contributed by atoms with Crippen LogP contribution in [-0.4, -0.2) is 36.4 Å². The number of carbonyl (C=O) groups excluding carboxylic acids is 2. The summed E-state index contributed by atoms with van der Waals surface area (Å²) in [5.41, 5.74) is 4.52. The highest BCUT2D eigenvalue weighted by Gasteiger charge is 2.36. The molecule has 1 aliphatic carbocycles.